The van der Waals surface area contributed by atoms with E-state index in [4.69, 9.17) is 11.6 Å². The largest absolute Gasteiger partial charge is 0.361 e. The number of ketones is 2. The average molecular weight is 830 g/mol. The SMILES string of the molecule is C[C@@H]1CN(C(=O)c2ccccc2)CCN1C(=O)C(=O)c1c[nH]c2c(Cl)nccc12.C[C@@H]1CN(C(=O)c2ccccc2)CCN1C(=O)C(=O)c1c[nH]c2c(N(C)C)nccc12. The fourth-order valence-electron chi connectivity index (χ4n) is 7.68. The lowest BCUT2D eigenvalue weighted by atomic mass is 10.1. The number of aromatic nitrogens is 4. The van der Waals surface area contributed by atoms with Crippen molar-refractivity contribution in [1.29, 1.82) is 0 Å². The predicted octanol–water partition coefficient (Wildman–Crippen LogP) is 4.96. The van der Waals surface area contributed by atoms with Crippen LogP contribution < -0.4 is 4.90 Å². The Hall–Kier alpha value is -6.87. The zero-order valence-corrected chi connectivity index (χ0v) is 34.3. The van der Waals surface area contributed by atoms with Gasteiger partial charge in [-0.3, -0.25) is 28.8 Å². The molecule has 2 saturated heterocycles. The van der Waals surface area contributed by atoms with Gasteiger partial charge in [-0.15, -0.1) is 0 Å². The number of anilines is 1. The van der Waals surface area contributed by atoms with E-state index in [2.05, 4.69) is 19.9 Å². The lowest BCUT2D eigenvalue weighted by Gasteiger charge is -2.39. The Balaban J connectivity index is 0.000000182. The fraction of sp³-hybridized carbons (Fsp3) is 0.273. The topological polar surface area (TPSA) is 176 Å². The third kappa shape index (κ3) is 8.21. The van der Waals surface area contributed by atoms with Crippen LogP contribution in [0.3, 0.4) is 0 Å². The molecule has 6 heterocycles. The average Bonchev–Trinajstić information content (AvgIpc) is 3.91. The summed E-state index contributed by atoms with van der Waals surface area (Å²) in [6.45, 7) is 5.84. The Labute approximate surface area is 350 Å². The Morgan fingerprint density at radius 1 is 0.617 bits per heavy atom. The van der Waals surface area contributed by atoms with Crippen molar-refractivity contribution in [2.45, 2.75) is 25.9 Å². The van der Waals surface area contributed by atoms with Gasteiger partial charge in [0.15, 0.2) is 11.0 Å². The van der Waals surface area contributed by atoms with Gasteiger partial charge in [0.2, 0.25) is 0 Å². The summed E-state index contributed by atoms with van der Waals surface area (Å²) in [5.41, 5.74) is 3.07. The number of carbonyl (C=O) groups is 6. The third-order valence-electron chi connectivity index (χ3n) is 10.8. The molecular formula is C44H44ClN9O6. The number of benzene rings is 2. The first-order valence-electron chi connectivity index (χ1n) is 19.5. The maximum atomic E-state index is 13.1. The van der Waals surface area contributed by atoms with Gasteiger partial charge < -0.3 is 34.5 Å². The molecule has 8 rings (SSSR count). The van der Waals surface area contributed by atoms with E-state index >= 15 is 0 Å². The number of nitrogens with one attached hydrogen (secondary N) is 2. The van der Waals surface area contributed by atoms with E-state index in [1.807, 2.05) is 69.2 Å². The monoisotopic (exact) mass is 829 g/mol. The maximum Gasteiger partial charge on any atom is 0.295 e. The zero-order chi connectivity index (χ0) is 42.7. The van der Waals surface area contributed by atoms with E-state index < -0.39 is 23.4 Å². The molecule has 0 saturated carbocycles. The summed E-state index contributed by atoms with van der Waals surface area (Å²) in [4.78, 5) is 99.9. The van der Waals surface area contributed by atoms with Crippen molar-refractivity contribution in [2.24, 2.45) is 0 Å². The number of rotatable bonds is 7. The van der Waals surface area contributed by atoms with Crippen LogP contribution in [-0.4, -0.2) is 140 Å². The Kier molecular flexibility index (Phi) is 12.1. The number of H-pyrrole nitrogens is 2. The van der Waals surface area contributed by atoms with Gasteiger partial charge in [-0.1, -0.05) is 48.0 Å². The quantitative estimate of drug-likeness (QED) is 0.128. The Bertz CT molecular complexity index is 2590. The molecule has 16 heteroatoms. The number of aromatic amines is 2. The Morgan fingerprint density at radius 3 is 1.50 bits per heavy atom. The van der Waals surface area contributed by atoms with Crippen molar-refractivity contribution in [3.05, 3.63) is 125 Å². The van der Waals surface area contributed by atoms with Crippen LogP contribution in [0.4, 0.5) is 5.82 Å². The highest BCUT2D eigenvalue weighted by Gasteiger charge is 2.36. The second kappa shape index (κ2) is 17.5. The van der Waals surface area contributed by atoms with Gasteiger partial charge in [-0.2, -0.15) is 0 Å². The molecule has 308 valence electrons. The number of pyridine rings is 2. The van der Waals surface area contributed by atoms with Crippen LogP contribution in [0.1, 0.15) is 55.3 Å². The highest BCUT2D eigenvalue weighted by atomic mass is 35.5. The molecule has 4 amide bonds. The molecule has 2 atom stereocenters. The number of amides is 4. The van der Waals surface area contributed by atoms with E-state index in [0.29, 0.717) is 78.1 Å². The van der Waals surface area contributed by atoms with E-state index in [0.717, 1.165) is 5.52 Å². The molecule has 2 N–H and O–H groups in total. The smallest absolute Gasteiger partial charge is 0.295 e. The minimum atomic E-state index is -0.604. The van der Waals surface area contributed by atoms with Crippen LogP contribution >= 0.6 is 11.6 Å². The number of hydrogen-bond acceptors (Lipinski definition) is 9. The van der Waals surface area contributed by atoms with Gasteiger partial charge >= 0.3 is 0 Å². The van der Waals surface area contributed by atoms with Crippen molar-refractivity contribution < 1.29 is 28.8 Å². The summed E-state index contributed by atoms with van der Waals surface area (Å²) in [7, 11) is 3.74. The van der Waals surface area contributed by atoms with Gasteiger partial charge in [-0.25, -0.2) is 9.97 Å². The first-order chi connectivity index (χ1) is 28.8. The van der Waals surface area contributed by atoms with Crippen molar-refractivity contribution in [3.8, 4) is 0 Å². The molecule has 6 aromatic rings. The number of Topliss-reactive ketones (excluding diaryl/α,β-unsaturated/α-hetero) is 2. The molecule has 2 aliphatic heterocycles. The van der Waals surface area contributed by atoms with Crippen molar-refractivity contribution in [2.75, 3.05) is 58.3 Å². The van der Waals surface area contributed by atoms with Crippen LogP contribution in [0.25, 0.3) is 21.8 Å². The molecule has 0 unspecified atom stereocenters. The lowest BCUT2D eigenvalue weighted by molar-refractivity contribution is -0.130. The van der Waals surface area contributed by atoms with Gasteiger partial charge in [0.1, 0.15) is 0 Å². The number of piperazine rings is 2. The van der Waals surface area contributed by atoms with Crippen LogP contribution in [0.5, 0.6) is 0 Å². The minimum absolute atomic E-state index is 0.0637. The third-order valence-corrected chi connectivity index (χ3v) is 11.1. The molecule has 2 fully saturated rings. The second-order valence-corrected chi connectivity index (χ2v) is 15.3. The summed E-state index contributed by atoms with van der Waals surface area (Å²) in [6, 6.07) is 21.0. The normalized spacial score (nSPS) is 16.6. The summed E-state index contributed by atoms with van der Waals surface area (Å²) in [5.74, 6) is -1.74. The molecule has 15 nitrogen and oxygen atoms in total. The minimum Gasteiger partial charge on any atom is -0.361 e. The van der Waals surface area contributed by atoms with Crippen LogP contribution in [-0.2, 0) is 9.59 Å². The van der Waals surface area contributed by atoms with Gasteiger partial charge in [-0.05, 0) is 50.2 Å². The first-order valence-corrected chi connectivity index (χ1v) is 19.9. The predicted molar refractivity (Wildman–Crippen MR) is 227 cm³/mol. The summed E-state index contributed by atoms with van der Waals surface area (Å²) in [5, 5.41) is 1.48. The molecule has 60 heavy (non-hydrogen) atoms. The van der Waals surface area contributed by atoms with E-state index in [9.17, 15) is 28.8 Å². The van der Waals surface area contributed by atoms with Gasteiger partial charge in [0, 0.05) is 112 Å². The van der Waals surface area contributed by atoms with Crippen molar-refractivity contribution >= 4 is 74.4 Å². The van der Waals surface area contributed by atoms with E-state index in [1.54, 1.807) is 63.5 Å². The van der Waals surface area contributed by atoms with E-state index in [-0.39, 0.29) is 34.6 Å². The van der Waals surface area contributed by atoms with Gasteiger partial charge in [0.05, 0.1) is 22.2 Å². The molecule has 4 aromatic heterocycles. The number of hydrogen-bond donors (Lipinski definition) is 2. The van der Waals surface area contributed by atoms with E-state index in [1.165, 1.54) is 17.3 Å². The number of fused-ring (bicyclic) bond motifs is 2. The number of carbonyl (C=O) groups excluding carboxylic acids is 6. The highest BCUT2D eigenvalue weighted by Crippen LogP contribution is 2.27. The molecular weight excluding hydrogens is 786 g/mol. The maximum absolute atomic E-state index is 13.1. The molecule has 0 bridgehead atoms. The van der Waals surface area contributed by atoms with Crippen LogP contribution in [0, 0.1) is 0 Å². The number of nitrogens with zero attached hydrogens (tertiary/aromatic N) is 7. The summed E-state index contributed by atoms with van der Waals surface area (Å²) >= 11 is 6.04. The highest BCUT2D eigenvalue weighted by molar-refractivity contribution is 6.46. The Morgan fingerprint density at radius 2 is 1.05 bits per heavy atom. The van der Waals surface area contributed by atoms with Crippen molar-refractivity contribution in [3.63, 3.8) is 0 Å². The molecule has 0 radical (unpaired) electrons. The number of halogens is 1. The molecule has 0 aliphatic carbocycles. The first kappa shape index (κ1) is 41.3. The summed E-state index contributed by atoms with van der Waals surface area (Å²) in [6.07, 6.45) is 6.18. The second-order valence-electron chi connectivity index (χ2n) is 15.0. The van der Waals surface area contributed by atoms with Gasteiger partial charge in [0.25, 0.3) is 35.2 Å². The lowest BCUT2D eigenvalue weighted by Crippen LogP contribution is -2.56. The van der Waals surface area contributed by atoms with Crippen molar-refractivity contribution in [1.82, 2.24) is 39.5 Å². The van der Waals surface area contributed by atoms with Crippen LogP contribution in [0.15, 0.2) is 97.6 Å². The van der Waals surface area contributed by atoms with Crippen LogP contribution in [0.2, 0.25) is 5.15 Å². The fourth-order valence-corrected chi connectivity index (χ4v) is 7.89. The standard InChI is InChI=1S/C23H25N5O3.C21H19ClN4O3/c1-15-14-27(22(30)16-7-5-4-6-8-16)11-12-28(15)23(31)20(29)18-13-25-19-17(18)9-10-24-21(19)26(2)3;1-13-12-25(20(28)14-5-3-2-4-6-14)9-10-26(13)21(29)18(27)16-11-24-17-15(16)7-8-23-19(17)22/h4-10,13,15,25H,11-12,14H2,1-3H3;2-8,11,13,24H,9-10,12H2,1H3/t15-;13-/m11/s1. The zero-order valence-electron chi connectivity index (χ0n) is 33.6. The molecule has 2 aromatic carbocycles. The molecule has 0 spiro atoms. The molecule has 2 aliphatic rings. The summed E-state index contributed by atoms with van der Waals surface area (Å²) < 4.78 is 0.